The largest absolute Gasteiger partial charge is 0.307 e. The molecule has 0 aromatic rings. The van der Waals surface area contributed by atoms with Crippen LogP contribution in [0.25, 0.3) is 0 Å². The Morgan fingerprint density at radius 3 is 2.79 bits per heavy atom. The van der Waals surface area contributed by atoms with Gasteiger partial charge in [0.15, 0.2) is 15.2 Å². The minimum Gasteiger partial charge on any atom is -0.307 e. The summed E-state index contributed by atoms with van der Waals surface area (Å²) in [6, 6.07) is 0. The fourth-order valence-electron chi connectivity index (χ4n) is 1.94. The first-order chi connectivity index (χ1) is 6.68. The van der Waals surface area contributed by atoms with Crippen LogP contribution in [-0.4, -0.2) is 37.8 Å². The Kier molecular flexibility index (Phi) is 1.64. The molecule has 5 heteroatoms. The highest BCUT2D eigenvalue weighted by molar-refractivity contribution is 7.93. The van der Waals surface area contributed by atoms with Gasteiger partial charge < -0.3 is 5.32 Å². The number of nitrogens with one attached hydrogen (secondary N) is 1. The summed E-state index contributed by atoms with van der Waals surface area (Å²) in [6.45, 7) is 1.50. The lowest BCUT2D eigenvalue weighted by Gasteiger charge is -2.05. The van der Waals surface area contributed by atoms with Gasteiger partial charge in [-0.1, -0.05) is 0 Å². The van der Waals surface area contributed by atoms with Gasteiger partial charge in [0.1, 0.15) is 0 Å². The van der Waals surface area contributed by atoms with Crippen molar-refractivity contribution in [1.29, 1.82) is 0 Å². The predicted molar refractivity (Wildman–Crippen MR) is 54.1 cm³/mol. The molecule has 2 heterocycles. The lowest BCUT2D eigenvalue weighted by Crippen LogP contribution is -2.21. The number of aliphatic imine (C=N–C) groups is 1. The molecule has 4 nitrogen and oxygen atoms in total. The maximum absolute atomic E-state index is 11.9. The molecule has 0 aromatic carbocycles. The Bertz CT molecular complexity index is 412. The highest BCUT2D eigenvalue weighted by Crippen LogP contribution is 2.34. The second-order valence-electron chi connectivity index (χ2n) is 4.05. The highest BCUT2D eigenvalue weighted by atomic mass is 32.2. The van der Waals surface area contributed by atoms with E-state index < -0.39 is 15.2 Å². The topological polar surface area (TPSA) is 58.5 Å². The highest BCUT2D eigenvalue weighted by Gasteiger charge is 2.42. The molecule has 76 valence electrons. The summed E-state index contributed by atoms with van der Waals surface area (Å²) in [6.07, 6.45) is 3.46. The van der Waals surface area contributed by atoms with E-state index in [0.717, 1.165) is 37.2 Å². The predicted octanol–water partition coefficient (Wildman–Crippen LogP) is -0.126. The van der Waals surface area contributed by atoms with E-state index in [4.69, 9.17) is 0 Å². The SMILES string of the molecule is O=S(=O)(C1CC1)C1C=C2CNCC2=N1. The zero-order valence-electron chi connectivity index (χ0n) is 7.73. The third-order valence-electron chi connectivity index (χ3n) is 2.93. The molecular weight excluding hydrogens is 200 g/mol. The molecule has 1 N–H and O–H groups in total. The van der Waals surface area contributed by atoms with Crippen LogP contribution in [-0.2, 0) is 9.84 Å². The van der Waals surface area contributed by atoms with Gasteiger partial charge in [0.2, 0.25) is 0 Å². The van der Waals surface area contributed by atoms with Crippen molar-refractivity contribution in [1.82, 2.24) is 5.32 Å². The van der Waals surface area contributed by atoms with Gasteiger partial charge in [-0.05, 0) is 24.5 Å². The zero-order chi connectivity index (χ0) is 9.76. The number of nitrogens with zero attached hydrogens (tertiary/aromatic N) is 1. The van der Waals surface area contributed by atoms with Crippen molar-refractivity contribution in [3.05, 3.63) is 11.6 Å². The van der Waals surface area contributed by atoms with E-state index in [0.29, 0.717) is 0 Å². The monoisotopic (exact) mass is 212 g/mol. The van der Waals surface area contributed by atoms with Crippen molar-refractivity contribution in [3.8, 4) is 0 Å². The van der Waals surface area contributed by atoms with Gasteiger partial charge in [0.05, 0.1) is 11.0 Å². The average molecular weight is 212 g/mol. The summed E-state index contributed by atoms with van der Waals surface area (Å²) in [5, 5.41) is 2.47. The van der Waals surface area contributed by atoms with Gasteiger partial charge in [0, 0.05) is 13.1 Å². The summed E-state index contributed by atoms with van der Waals surface area (Å²) < 4.78 is 23.7. The summed E-state index contributed by atoms with van der Waals surface area (Å²) in [5.74, 6) is 0. The van der Waals surface area contributed by atoms with Crippen LogP contribution < -0.4 is 5.32 Å². The second-order valence-corrected chi connectivity index (χ2v) is 6.38. The molecule has 1 saturated carbocycles. The molecule has 1 saturated heterocycles. The Labute approximate surface area is 83.0 Å². The van der Waals surface area contributed by atoms with Crippen LogP contribution in [0.3, 0.4) is 0 Å². The van der Waals surface area contributed by atoms with E-state index in [1.54, 1.807) is 0 Å². The van der Waals surface area contributed by atoms with Crippen molar-refractivity contribution in [2.24, 2.45) is 4.99 Å². The van der Waals surface area contributed by atoms with Crippen molar-refractivity contribution in [3.63, 3.8) is 0 Å². The average Bonchev–Trinajstić information content (AvgIpc) is 2.75. The van der Waals surface area contributed by atoms with Crippen LogP contribution in [0.5, 0.6) is 0 Å². The molecule has 0 aromatic heterocycles. The molecule has 0 spiro atoms. The minimum absolute atomic E-state index is 0.111. The van der Waals surface area contributed by atoms with Crippen LogP contribution in [0.15, 0.2) is 16.6 Å². The zero-order valence-corrected chi connectivity index (χ0v) is 8.55. The van der Waals surface area contributed by atoms with Crippen LogP contribution >= 0.6 is 0 Å². The molecule has 2 aliphatic heterocycles. The lowest BCUT2D eigenvalue weighted by atomic mass is 10.2. The molecule has 0 amide bonds. The fraction of sp³-hybridized carbons (Fsp3) is 0.667. The van der Waals surface area contributed by atoms with E-state index in [9.17, 15) is 8.42 Å². The molecule has 3 rings (SSSR count). The first-order valence-corrected chi connectivity index (χ1v) is 6.50. The molecule has 1 unspecified atom stereocenters. The molecule has 1 aliphatic carbocycles. The standard InChI is InChI=1S/C9H12N2O2S/c12-14(13,7-1-2-7)9-3-6-4-10-5-8(6)11-9/h3,7,9-10H,1-2,4-5H2. The van der Waals surface area contributed by atoms with E-state index in [1.807, 2.05) is 6.08 Å². The molecule has 3 aliphatic rings. The van der Waals surface area contributed by atoms with E-state index in [1.165, 1.54) is 0 Å². The number of fused-ring (bicyclic) bond motifs is 1. The molecule has 0 radical (unpaired) electrons. The fourth-order valence-corrected chi connectivity index (χ4v) is 3.76. The molecule has 14 heavy (non-hydrogen) atoms. The number of hydrogen-bond donors (Lipinski definition) is 1. The van der Waals surface area contributed by atoms with Gasteiger partial charge in [-0.15, -0.1) is 0 Å². The molecular formula is C9H12N2O2S. The van der Waals surface area contributed by atoms with Crippen LogP contribution in [0.4, 0.5) is 0 Å². The van der Waals surface area contributed by atoms with E-state index >= 15 is 0 Å². The molecule has 2 fully saturated rings. The Hall–Kier alpha value is -0.680. The maximum Gasteiger partial charge on any atom is 0.179 e. The van der Waals surface area contributed by atoms with Gasteiger partial charge in [-0.2, -0.15) is 0 Å². The Morgan fingerprint density at radius 2 is 2.14 bits per heavy atom. The third kappa shape index (κ3) is 1.15. The number of sulfone groups is 1. The summed E-state index contributed by atoms with van der Waals surface area (Å²) in [4.78, 5) is 4.26. The maximum atomic E-state index is 11.9. The summed E-state index contributed by atoms with van der Waals surface area (Å²) in [7, 11) is -3.00. The number of rotatable bonds is 2. The van der Waals surface area contributed by atoms with Crippen molar-refractivity contribution >= 4 is 15.5 Å². The molecule has 0 bridgehead atoms. The molecule has 1 atom stereocenters. The number of hydrogen-bond acceptors (Lipinski definition) is 4. The van der Waals surface area contributed by atoms with E-state index in [-0.39, 0.29) is 5.25 Å². The third-order valence-corrected chi connectivity index (χ3v) is 5.25. The van der Waals surface area contributed by atoms with Crippen molar-refractivity contribution < 1.29 is 8.42 Å². The minimum atomic E-state index is -3.00. The van der Waals surface area contributed by atoms with Crippen molar-refractivity contribution in [2.75, 3.05) is 13.1 Å². The van der Waals surface area contributed by atoms with Crippen LogP contribution in [0.1, 0.15) is 12.8 Å². The van der Waals surface area contributed by atoms with Crippen molar-refractivity contribution in [2.45, 2.75) is 23.5 Å². The van der Waals surface area contributed by atoms with Gasteiger partial charge >= 0.3 is 0 Å². The van der Waals surface area contributed by atoms with Gasteiger partial charge in [-0.25, -0.2) is 8.42 Å². The van der Waals surface area contributed by atoms with Crippen LogP contribution in [0, 0.1) is 0 Å². The Balaban J connectivity index is 1.93. The normalized spacial score (nSPS) is 31.3. The lowest BCUT2D eigenvalue weighted by molar-refractivity contribution is 0.588. The van der Waals surface area contributed by atoms with Gasteiger partial charge in [0.25, 0.3) is 0 Å². The van der Waals surface area contributed by atoms with E-state index in [2.05, 4.69) is 10.3 Å². The smallest absolute Gasteiger partial charge is 0.179 e. The first kappa shape index (κ1) is 8.61. The van der Waals surface area contributed by atoms with Crippen LogP contribution in [0.2, 0.25) is 0 Å². The van der Waals surface area contributed by atoms with Gasteiger partial charge in [-0.3, -0.25) is 4.99 Å². The quantitative estimate of drug-likeness (QED) is 0.694. The summed E-state index contributed by atoms with van der Waals surface area (Å²) >= 11 is 0. The Morgan fingerprint density at radius 1 is 1.36 bits per heavy atom. The second kappa shape index (κ2) is 2.67. The summed E-state index contributed by atoms with van der Waals surface area (Å²) in [5.41, 5.74) is 2.03. The first-order valence-electron chi connectivity index (χ1n) is 4.89.